The van der Waals surface area contributed by atoms with E-state index in [1.54, 1.807) is 6.92 Å². The SMILES string of the molecule is C[C@]1(O)CC[C@H]2CN3CCc4c([nH]c5ccccc45)[C@@H]3C[C@@H]2[C@H]1C(=O)O. The van der Waals surface area contributed by atoms with Crippen LogP contribution in [0.15, 0.2) is 24.3 Å². The van der Waals surface area contributed by atoms with Gasteiger partial charge in [-0.25, -0.2) is 0 Å². The number of hydrogen-bond acceptors (Lipinski definition) is 3. The Kier molecular flexibility index (Phi) is 3.50. The lowest BCUT2D eigenvalue weighted by Gasteiger charge is -2.53. The van der Waals surface area contributed by atoms with Gasteiger partial charge in [-0.05, 0) is 56.1 Å². The lowest BCUT2D eigenvalue weighted by atomic mass is 9.60. The minimum Gasteiger partial charge on any atom is -0.481 e. The molecule has 1 aromatic carbocycles. The zero-order valence-corrected chi connectivity index (χ0v) is 15.1. The Labute approximate surface area is 153 Å². The maximum atomic E-state index is 12.0. The molecule has 5 heteroatoms. The van der Waals surface area contributed by atoms with Gasteiger partial charge in [0.2, 0.25) is 0 Å². The maximum absolute atomic E-state index is 12.0. The van der Waals surface area contributed by atoms with Crippen molar-refractivity contribution in [1.29, 1.82) is 0 Å². The molecule has 1 aliphatic carbocycles. The number of carboxylic acid groups (broad SMARTS) is 1. The van der Waals surface area contributed by atoms with Gasteiger partial charge in [-0.3, -0.25) is 9.69 Å². The van der Waals surface area contributed by atoms with E-state index in [0.717, 1.165) is 32.4 Å². The van der Waals surface area contributed by atoms with Crippen molar-refractivity contribution in [1.82, 2.24) is 9.88 Å². The van der Waals surface area contributed by atoms with Gasteiger partial charge in [-0.15, -0.1) is 0 Å². The third kappa shape index (κ3) is 2.26. The Hall–Kier alpha value is -1.85. The lowest BCUT2D eigenvalue weighted by Crippen LogP contribution is -2.56. The number of rotatable bonds is 1. The van der Waals surface area contributed by atoms with Crippen molar-refractivity contribution in [3.05, 3.63) is 35.5 Å². The van der Waals surface area contributed by atoms with E-state index in [-0.39, 0.29) is 12.0 Å². The van der Waals surface area contributed by atoms with Crippen molar-refractivity contribution in [2.45, 2.75) is 44.2 Å². The summed E-state index contributed by atoms with van der Waals surface area (Å²) in [5.41, 5.74) is 2.74. The Morgan fingerprint density at radius 1 is 1.35 bits per heavy atom. The Morgan fingerprint density at radius 3 is 2.96 bits per heavy atom. The zero-order chi connectivity index (χ0) is 18.1. The Balaban J connectivity index is 1.55. The molecule has 3 N–H and O–H groups in total. The zero-order valence-electron chi connectivity index (χ0n) is 15.1. The third-order valence-electron chi connectivity index (χ3n) is 7.23. The summed E-state index contributed by atoms with van der Waals surface area (Å²) in [7, 11) is 0. The highest BCUT2D eigenvalue weighted by atomic mass is 16.4. The van der Waals surface area contributed by atoms with Crippen molar-refractivity contribution in [2.75, 3.05) is 13.1 Å². The summed E-state index contributed by atoms with van der Waals surface area (Å²) >= 11 is 0. The predicted octanol–water partition coefficient (Wildman–Crippen LogP) is 2.95. The standard InChI is InChI=1S/C21H26N2O3/c1-21(26)8-6-12-11-23-9-7-14-13-4-2-3-5-16(13)22-19(14)17(23)10-15(12)18(21)20(24)25/h2-5,12,15,17-18,22,26H,6-11H2,1H3,(H,24,25)/t12-,15-,17-,18-,21-/m0/s1. The highest BCUT2D eigenvalue weighted by Gasteiger charge is 2.53. The van der Waals surface area contributed by atoms with E-state index in [0.29, 0.717) is 12.3 Å². The van der Waals surface area contributed by atoms with E-state index in [2.05, 4.69) is 34.1 Å². The molecule has 1 aromatic heterocycles. The van der Waals surface area contributed by atoms with Gasteiger partial charge in [-0.2, -0.15) is 0 Å². The molecule has 2 aromatic rings. The second-order valence-electron chi connectivity index (χ2n) is 8.69. The molecule has 0 amide bonds. The van der Waals surface area contributed by atoms with Crippen LogP contribution in [0.3, 0.4) is 0 Å². The molecule has 0 unspecified atom stereocenters. The van der Waals surface area contributed by atoms with Gasteiger partial charge in [0.25, 0.3) is 0 Å². The minimum atomic E-state index is -1.10. The molecule has 5 rings (SSSR count). The van der Waals surface area contributed by atoms with E-state index >= 15 is 0 Å². The molecule has 0 radical (unpaired) electrons. The van der Waals surface area contributed by atoms with Gasteiger partial charge in [0, 0.05) is 29.7 Å². The maximum Gasteiger partial charge on any atom is 0.309 e. The average molecular weight is 354 g/mol. The second kappa shape index (κ2) is 5.57. The van der Waals surface area contributed by atoms with Crippen LogP contribution in [0, 0.1) is 17.8 Å². The van der Waals surface area contributed by atoms with Crippen LogP contribution in [-0.4, -0.2) is 44.8 Å². The first-order valence-corrected chi connectivity index (χ1v) is 9.74. The van der Waals surface area contributed by atoms with Crippen molar-refractivity contribution < 1.29 is 15.0 Å². The summed E-state index contributed by atoms with van der Waals surface area (Å²) in [6.45, 7) is 3.70. The molecular weight excluding hydrogens is 328 g/mol. The fourth-order valence-corrected chi connectivity index (χ4v) is 6.00. The first-order chi connectivity index (χ1) is 12.5. The fraction of sp³-hybridized carbons (Fsp3) is 0.571. The Morgan fingerprint density at radius 2 is 2.15 bits per heavy atom. The number of fused-ring (bicyclic) bond motifs is 6. The topological polar surface area (TPSA) is 76.6 Å². The lowest BCUT2D eigenvalue weighted by molar-refractivity contribution is -0.169. The van der Waals surface area contributed by atoms with E-state index in [1.807, 2.05) is 0 Å². The van der Waals surface area contributed by atoms with Gasteiger partial charge in [0.05, 0.1) is 17.6 Å². The molecule has 2 fully saturated rings. The molecule has 3 heterocycles. The monoisotopic (exact) mass is 354 g/mol. The molecule has 5 nitrogen and oxygen atoms in total. The molecule has 138 valence electrons. The number of para-hydroxylation sites is 1. The van der Waals surface area contributed by atoms with Crippen LogP contribution in [0.2, 0.25) is 0 Å². The largest absolute Gasteiger partial charge is 0.481 e. The molecule has 0 bridgehead atoms. The molecule has 3 aliphatic rings. The van der Waals surface area contributed by atoms with Crippen LogP contribution in [0.4, 0.5) is 0 Å². The number of nitrogens with zero attached hydrogens (tertiary/aromatic N) is 1. The van der Waals surface area contributed by atoms with Crippen molar-refractivity contribution in [3.8, 4) is 0 Å². The smallest absolute Gasteiger partial charge is 0.309 e. The number of hydrogen-bond donors (Lipinski definition) is 3. The number of aliphatic hydroxyl groups is 1. The summed E-state index contributed by atoms with van der Waals surface area (Å²) < 4.78 is 0. The minimum absolute atomic E-state index is 0.0369. The summed E-state index contributed by atoms with van der Waals surface area (Å²) in [6, 6.07) is 8.67. The summed E-state index contributed by atoms with van der Waals surface area (Å²) in [6.07, 6.45) is 3.37. The summed E-state index contributed by atoms with van der Waals surface area (Å²) in [5.74, 6) is -1.10. The van der Waals surface area contributed by atoms with E-state index < -0.39 is 17.5 Å². The van der Waals surface area contributed by atoms with E-state index in [1.165, 1.54) is 22.2 Å². The number of aromatic amines is 1. The molecule has 5 atom stereocenters. The van der Waals surface area contributed by atoms with Crippen LogP contribution < -0.4 is 0 Å². The molecule has 0 spiro atoms. The predicted molar refractivity (Wildman–Crippen MR) is 98.9 cm³/mol. The van der Waals surface area contributed by atoms with Crippen molar-refractivity contribution in [2.24, 2.45) is 17.8 Å². The van der Waals surface area contributed by atoms with Crippen LogP contribution in [0.25, 0.3) is 10.9 Å². The Bertz CT molecular complexity index is 871. The summed E-state index contributed by atoms with van der Waals surface area (Å²) in [4.78, 5) is 18.2. The van der Waals surface area contributed by atoms with Crippen molar-refractivity contribution >= 4 is 16.9 Å². The molecule has 2 aliphatic heterocycles. The normalized spacial score (nSPS) is 37.0. The molecule has 1 saturated carbocycles. The molecule has 1 saturated heterocycles. The van der Waals surface area contributed by atoms with Gasteiger partial charge >= 0.3 is 5.97 Å². The van der Waals surface area contributed by atoms with Gasteiger partial charge in [0.1, 0.15) is 0 Å². The van der Waals surface area contributed by atoms with Gasteiger partial charge in [-0.1, -0.05) is 18.2 Å². The van der Waals surface area contributed by atoms with Crippen LogP contribution in [0.5, 0.6) is 0 Å². The number of carboxylic acids is 1. The average Bonchev–Trinajstić information content (AvgIpc) is 2.98. The molecular formula is C21H26N2O3. The highest BCUT2D eigenvalue weighted by molar-refractivity contribution is 5.85. The summed E-state index contributed by atoms with van der Waals surface area (Å²) in [5, 5.41) is 21.9. The van der Waals surface area contributed by atoms with E-state index in [4.69, 9.17) is 0 Å². The van der Waals surface area contributed by atoms with Crippen LogP contribution in [0.1, 0.15) is 43.5 Å². The number of nitrogens with one attached hydrogen (secondary N) is 1. The first-order valence-electron chi connectivity index (χ1n) is 9.74. The van der Waals surface area contributed by atoms with Crippen LogP contribution >= 0.6 is 0 Å². The third-order valence-corrected chi connectivity index (χ3v) is 7.23. The number of aliphatic carboxylic acids is 1. The highest BCUT2D eigenvalue weighted by Crippen LogP contribution is 2.51. The van der Waals surface area contributed by atoms with E-state index in [9.17, 15) is 15.0 Å². The van der Waals surface area contributed by atoms with Crippen LogP contribution in [-0.2, 0) is 11.2 Å². The quantitative estimate of drug-likeness (QED) is 0.736. The number of benzene rings is 1. The number of H-pyrrole nitrogens is 1. The number of aromatic nitrogens is 1. The van der Waals surface area contributed by atoms with Gasteiger partial charge < -0.3 is 15.2 Å². The van der Waals surface area contributed by atoms with Crippen molar-refractivity contribution in [3.63, 3.8) is 0 Å². The first kappa shape index (κ1) is 16.3. The molecule has 26 heavy (non-hydrogen) atoms. The fourth-order valence-electron chi connectivity index (χ4n) is 6.00. The number of carbonyl (C=O) groups is 1. The van der Waals surface area contributed by atoms with Gasteiger partial charge in [0.15, 0.2) is 0 Å². The second-order valence-corrected chi connectivity index (χ2v) is 8.69. The number of piperidine rings is 1.